The number of aromatic nitrogens is 2. The molecule has 4 nitrogen and oxygen atoms in total. The van der Waals surface area contributed by atoms with Gasteiger partial charge in [0.05, 0.1) is 0 Å². The molecule has 1 aromatic heterocycles. The SMILES string of the molecule is FC(F)c1nnc(NCC[C@H]2CCCN2)s1. The van der Waals surface area contributed by atoms with Gasteiger partial charge in [-0.25, -0.2) is 8.78 Å². The van der Waals surface area contributed by atoms with Gasteiger partial charge in [0, 0.05) is 12.6 Å². The third kappa shape index (κ3) is 3.08. The first kappa shape index (κ1) is 11.7. The van der Waals surface area contributed by atoms with E-state index in [-0.39, 0.29) is 5.01 Å². The molecule has 1 atom stereocenters. The second-order valence-corrected chi connectivity index (χ2v) is 4.76. The summed E-state index contributed by atoms with van der Waals surface area (Å²) in [7, 11) is 0. The van der Waals surface area contributed by atoms with Gasteiger partial charge in [0.15, 0.2) is 5.01 Å². The zero-order valence-corrected chi connectivity index (χ0v) is 9.57. The van der Waals surface area contributed by atoms with Crippen LogP contribution >= 0.6 is 11.3 Å². The lowest BCUT2D eigenvalue weighted by Crippen LogP contribution is -2.24. The van der Waals surface area contributed by atoms with Crippen LogP contribution in [0.3, 0.4) is 0 Å². The molecule has 1 aromatic rings. The first-order valence-corrected chi connectivity index (χ1v) is 6.16. The van der Waals surface area contributed by atoms with Gasteiger partial charge in [0.1, 0.15) is 0 Å². The molecule has 0 aliphatic carbocycles. The normalized spacial score (nSPS) is 20.6. The highest BCUT2D eigenvalue weighted by molar-refractivity contribution is 7.15. The highest BCUT2D eigenvalue weighted by Gasteiger charge is 2.15. The Morgan fingerprint density at radius 1 is 1.50 bits per heavy atom. The molecule has 1 fully saturated rings. The van der Waals surface area contributed by atoms with Crippen molar-refractivity contribution in [2.24, 2.45) is 0 Å². The summed E-state index contributed by atoms with van der Waals surface area (Å²) in [5, 5.41) is 13.7. The van der Waals surface area contributed by atoms with Crippen LogP contribution in [-0.2, 0) is 0 Å². The summed E-state index contributed by atoms with van der Waals surface area (Å²) < 4.78 is 24.4. The Kier molecular flexibility index (Phi) is 4.00. The number of hydrogen-bond acceptors (Lipinski definition) is 5. The summed E-state index contributed by atoms with van der Waals surface area (Å²) in [6.07, 6.45) is 0.882. The number of rotatable bonds is 5. The van der Waals surface area contributed by atoms with Gasteiger partial charge in [-0.1, -0.05) is 11.3 Å². The van der Waals surface area contributed by atoms with Crippen molar-refractivity contribution in [3.63, 3.8) is 0 Å². The van der Waals surface area contributed by atoms with Gasteiger partial charge in [-0.3, -0.25) is 0 Å². The highest BCUT2D eigenvalue weighted by Crippen LogP contribution is 2.25. The molecule has 0 amide bonds. The van der Waals surface area contributed by atoms with E-state index in [2.05, 4.69) is 20.8 Å². The summed E-state index contributed by atoms with van der Waals surface area (Å²) in [4.78, 5) is 0. The Morgan fingerprint density at radius 3 is 3.00 bits per heavy atom. The zero-order valence-electron chi connectivity index (χ0n) is 8.75. The van der Waals surface area contributed by atoms with Crippen molar-refractivity contribution in [1.29, 1.82) is 0 Å². The zero-order chi connectivity index (χ0) is 11.4. The van der Waals surface area contributed by atoms with Crippen molar-refractivity contribution in [1.82, 2.24) is 15.5 Å². The van der Waals surface area contributed by atoms with E-state index >= 15 is 0 Å². The number of anilines is 1. The summed E-state index contributed by atoms with van der Waals surface area (Å²) in [6, 6.07) is 0.551. The minimum absolute atomic E-state index is 0.221. The molecule has 2 heterocycles. The Bertz CT molecular complexity index is 325. The van der Waals surface area contributed by atoms with Crippen molar-refractivity contribution < 1.29 is 8.78 Å². The van der Waals surface area contributed by atoms with Crippen LogP contribution in [-0.4, -0.2) is 29.3 Å². The van der Waals surface area contributed by atoms with E-state index in [1.807, 2.05) is 0 Å². The van der Waals surface area contributed by atoms with Crippen LogP contribution in [0.4, 0.5) is 13.9 Å². The molecule has 2 rings (SSSR count). The molecule has 7 heteroatoms. The standard InChI is InChI=1S/C9H14F2N4S/c10-7(11)8-14-15-9(16-8)13-5-3-6-2-1-4-12-6/h6-7,12H,1-5H2,(H,13,15)/t6-/m1/s1. The van der Waals surface area contributed by atoms with Crippen molar-refractivity contribution in [3.8, 4) is 0 Å². The third-order valence-corrected chi connectivity index (χ3v) is 3.45. The molecule has 0 bridgehead atoms. The van der Waals surface area contributed by atoms with E-state index in [0.29, 0.717) is 11.2 Å². The van der Waals surface area contributed by atoms with Crippen molar-refractivity contribution in [2.75, 3.05) is 18.4 Å². The van der Waals surface area contributed by atoms with Gasteiger partial charge in [0.25, 0.3) is 6.43 Å². The van der Waals surface area contributed by atoms with E-state index in [1.165, 1.54) is 12.8 Å². The number of nitrogens with zero attached hydrogens (tertiary/aromatic N) is 2. The first-order chi connectivity index (χ1) is 7.75. The lowest BCUT2D eigenvalue weighted by molar-refractivity contribution is 0.150. The molecule has 1 saturated heterocycles. The van der Waals surface area contributed by atoms with Crippen molar-refractivity contribution in [3.05, 3.63) is 5.01 Å². The second kappa shape index (κ2) is 5.49. The fourth-order valence-electron chi connectivity index (χ4n) is 1.75. The lowest BCUT2D eigenvalue weighted by atomic mass is 10.2. The minimum atomic E-state index is -2.52. The van der Waals surface area contributed by atoms with Gasteiger partial charge >= 0.3 is 0 Å². The van der Waals surface area contributed by atoms with Crippen LogP contribution in [0, 0.1) is 0 Å². The average molecular weight is 248 g/mol. The molecular weight excluding hydrogens is 234 g/mol. The summed E-state index contributed by atoms with van der Waals surface area (Å²) >= 11 is 0.920. The molecular formula is C9H14F2N4S. The topological polar surface area (TPSA) is 49.8 Å². The largest absolute Gasteiger partial charge is 0.360 e. The molecule has 0 aromatic carbocycles. The molecule has 1 aliphatic heterocycles. The molecule has 16 heavy (non-hydrogen) atoms. The number of alkyl halides is 2. The van der Waals surface area contributed by atoms with E-state index in [4.69, 9.17) is 0 Å². The first-order valence-electron chi connectivity index (χ1n) is 5.34. The van der Waals surface area contributed by atoms with Crippen molar-refractivity contribution in [2.45, 2.75) is 31.7 Å². The predicted octanol–water partition coefficient (Wildman–Crippen LogP) is 2.03. The molecule has 0 saturated carbocycles. The molecule has 90 valence electrons. The van der Waals surface area contributed by atoms with Crippen LogP contribution in [0.25, 0.3) is 0 Å². The fraction of sp³-hybridized carbons (Fsp3) is 0.778. The summed E-state index contributed by atoms with van der Waals surface area (Å²) in [5.74, 6) is 0. The van der Waals surface area contributed by atoms with Crippen LogP contribution in [0.2, 0.25) is 0 Å². The monoisotopic (exact) mass is 248 g/mol. The van der Waals surface area contributed by atoms with E-state index in [1.54, 1.807) is 0 Å². The quantitative estimate of drug-likeness (QED) is 0.837. The van der Waals surface area contributed by atoms with Gasteiger partial charge in [-0.2, -0.15) is 0 Å². The van der Waals surface area contributed by atoms with Gasteiger partial charge in [0.2, 0.25) is 5.13 Å². The van der Waals surface area contributed by atoms with Gasteiger partial charge in [-0.05, 0) is 25.8 Å². The van der Waals surface area contributed by atoms with E-state index in [9.17, 15) is 8.78 Å². The van der Waals surface area contributed by atoms with Crippen LogP contribution < -0.4 is 10.6 Å². The number of hydrogen-bond donors (Lipinski definition) is 2. The average Bonchev–Trinajstić information content (AvgIpc) is 2.87. The molecule has 2 N–H and O–H groups in total. The molecule has 0 spiro atoms. The summed E-state index contributed by atoms with van der Waals surface area (Å²) in [5.41, 5.74) is 0. The lowest BCUT2D eigenvalue weighted by Gasteiger charge is -2.09. The fourth-order valence-corrected chi connectivity index (χ4v) is 2.38. The minimum Gasteiger partial charge on any atom is -0.360 e. The smallest absolute Gasteiger partial charge is 0.291 e. The van der Waals surface area contributed by atoms with E-state index in [0.717, 1.165) is 30.8 Å². The van der Waals surface area contributed by atoms with Gasteiger partial charge < -0.3 is 10.6 Å². The Balaban J connectivity index is 1.72. The van der Waals surface area contributed by atoms with Crippen LogP contribution in [0.5, 0.6) is 0 Å². The van der Waals surface area contributed by atoms with Crippen LogP contribution in [0.15, 0.2) is 0 Å². The Labute approximate surface area is 96.5 Å². The Morgan fingerprint density at radius 2 is 2.38 bits per heavy atom. The Hall–Kier alpha value is -0.820. The maximum atomic E-state index is 12.2. The predicted molar refractivity (Wildman–Crippen MR) is 59.0 cm³/mol. The number of nitrogens with one attached hydrogen (secondary N) is 2. The van der Waals surface area contributed by atoms with Crippen molar-refractivity contribution >= 4 is 16.5 Å². The summed E-state index contributed by atoms with van der Waals surface area (Å²) in [6.45, 7) is 1.83. The van der Waals surface area contributed by atoms with Crippen LogP contribution in [0.1, 0.15) is 30.7 Å². The maximum absolute atomic E-state index is 12.2. The van der Waals surface area contributed by atoms with E-state index < -0.39 is 6.43 Å². The maximum Gasteiger partial charge on any atom is 0.291 e. The second-order valence-electron chi connectivity index (χ2n) is 3.75. The molecule has 0 radical (unpaired) electrons. The third-order valence-electron chi connectivity index (χ3n) is 2.56. The molecule has 0 unspecified atom stereocenters. The van der Waals surface area contributed by atoms with Gasteiger partial charge in [-0.15, -0.1) is 10.2 Å². The molecule has 1 aliphatic rings. The highest BCUT2D eigenvalue weighted by atomic mass is 32.1. The number of halogens is 2.